The van der Waals surface area contributed by atoms with E-state index in [2.05, 4.69) is 10.3 Å². The van der Waals surface area contributed by atoms with E-state index in [1.807, 2.05) is 0 Å². The molecule has 0 atom stereocenters. The quantitative estimate of drug-likeness (QED) is 0.758. The molecule has 0 aliphatic carbocycles. The number of carbonyl (C=O) groups is 2. The summed E-state index contributed by atoms with van der Waals surface area (Å²) < 4.78 is 4.76. The van der Waals surface area contributed by atoms with Crippen molar-refractivity contribution >= 4 is 17.6 Å². The highest BCUT2D eigenvalue weighted by Crippen LogP contribution is 2.06. The Bertz CT molecular complexity index is 359. The van der Waals surface area contributed by atoms with Crippen LogP contribution in [0.5, 0.6) is 0 Å². The van der Waals surface area contributed by atoms with E-state index in [-0.39, 0.29) is 11.6 Å². The first-order valence-corrected chi connectivity index (χ1v) is 4.54. The van der Waals surface area contributed by atoms with Crippen LogP contribution in [0.4, 0.5) is 5.69 Å². The van der Waals surface area contributed by atoms with Crippen molar-refractivity contribution in [3.05, 3.63) is 24.0 Å². The zero-order valence-corrected chi connectivity index (χ0v) is 8.61. The number of pyridine rings is 1. The van der Waals surface area contributed by atoms with Gasteiger partial charge in [0.25, 0.3) is 0 Å². The van der Waals surface area contributed by atoms with Crippen LogP contribution in [-0.4, -0.2) is 23.5 Å². The van der Waals surface area contributed by atoms with Crippen molar-refractivity contribution < 1.29 is 14.3 Å². The van der Waals surface area contributed by atoms with Crippen molar-refractivity contribution in [1.29, 1.82) is 0 Å². The van der Waals surface area contributed by atoms with Gasteiger partial charge in [-0.2, -0.15) is 0 Å². The molecule has 0 bridgehead atoms. The van der Waals surface area contributed by atoms with Crippen LogP contribution in [0.1, 0.15) is 24.3 Å². The Morgan fingerprint density at radius 1 is 1.47 bits per heavy atom. The molecule has 0 unspecified atom stereocenters. The maximum absolute atomic E-state index is 11.2. The fourth-order valence-electron chi connectivity index (χ4n) is 0.997. The first-order chi connectivity index (χ1) is 7.13. The Balaban J connectivity index is 2.71. The van der Waals surface area contributed by atoms with Gasteiger partial charge in [0, 0.05) is 6.92 Å². The highest BCUT2D eigenvalue weighted by atomic mass is 16.5. The number of carbonyl (C=O) groups excluding carboxylic acids is 2. The lowest BCUT2D eigenvalue weighted by Crippen LogP contribution is -2.09. The lowest BCUT2D eigenvalue weighted by atomic mass is 10.3. The van der Waals surface area contributed by atoms with Crippen molar-refractivity contribution in [2.45, 2.75) is 13.8 Å². The molecule has 0 fully saturated rings. The van der Waals surface area contributed by atoms with Gasteiger partial charge in [-0.15, -0.1) is 0 Å². The van der Waals surface area contributed by atoms with E-state index in [1.165, 1.54) is 19.2 Å². The van der Waals surface area contributed by atoms with Gasteiger partial charge in [0.2, 0.25) is 5.91 Å². The molecule has 0 saturated carbocycles. The van der Waals surface area contributed by atoms with Crippen LogP contribution >= 0.6 is 0 Å². The van der Waals surface area contributed by atoms with E-state index >= 15 is 0 Å². The number of hydrogen-bond donors (Lipinski definition) is 1. The lowest BCUT2D eigenvalue weighted by molar-refractivity contribution is -0.114. The monoisotopic (exact) mass is 208 g/mol. The van der Waals surface area contributed by atoms with Crippen molar-refractivity contribution in [2.75, 3.05) is 11.9 Å². The highest BCUT2D eigenvalue weighted by molar-refractivity contribution is 5.90. The van der Waals surface area contributed by atoms with Crippen LogP contribution < -0.4 is 5.32 Å². The minimum Gasteiger partial charge on any atom is -0.461 e. The molecule has 1 aromatic rings. The van der Waals surface area contributed by atoms with Crippen molar-refractivity contribution in [2.24, 2.45) is 0 Å². The average Bonchev–Trinajstić information content (AvgIpc) is 2.18. The Kier molecular flexibility index (Phi) is 3.79. The summed E-state index contributed by atoms with van der Waals surface area (Å²) in [5, 5.41) is 2.55. The second-order valence-corrected chi connectivity index (χ2v) is 2.83. The van der Waals surface area contributed by atoms with Crippen molar-refractivity contribution in [3.63, 3.8) is 0 Å². The van der Waals surface area contributed by atoms with Crippen LogP contribution in [0.25, 0.3) is 0 Å². The summed E-state index contributed by atoms with van der Waals surface area (Å²) in [4.78, 5) is 25.8. The average molecular weight is 208 g/mol. The van der Waals surface area contributed by atoms with E-state index in [0.29, 0.717) is 12.3 Å². The number of hydrogen-bond acceptors (Lipinski definition) is 4. The van der Waals surface area contributed by atoms with Crippen LogP contribution in [0.2, 0.25) is 0 Å². The Morgan fingerprint density at radius 3 is 2.67 bits per heavy atom. The third kappa shape index (κ3) is 3.38. The molecule has 1 aromatic heterocycles. The zero-order valence-electron chi connectivity index (χ0n) is 8.61. The second kappa shape index (κ2) is 5.09. The standard InChI is InChI=1S/C10H12N2O3/c1-3-15-10(14)9-5-4-8(6-11-9)12-7(2)13/h4-6H,3H2,1-2H3,(H,12,13). The van der Waals surface area contributed by atoms with Gasteiger partial charge in [0.15, 0.2) is 0 Å². The summed E-state index contributed by atoms with van der Waals surface area (Å²) in [6, 6.07) is 3.10. The molecule has 1 heterocycles. The molecule has 0 aromatic carbocycles. The molecule has 0 spiro atoms. The smallest absolute Gasteiger partial charge is 0.356 e. The van der Waals surface area contributed by atoms with E-state index in [1.54, 1.807) is 13.0 Å². The molecule has 1 rings (SSSR count). The van der Waals surface area contributed by atoms with Gasteiger partial charge in [-0.25, -0.2) is 9.78 Å². The largest absolute Gasteiger partial charge is 0.461 e. The Morgan fingerprint density at radius 2 is 2.20 bits per heavy atom. The predicted octanol–water partition coefficient (Wildman–Crippen LogP) is 1.22. The fraction of sp³-hybridized carbons (Fsp3) is 0.300. The van der Waals surface area contributed by atoms with Gasteiger partial charge >= 0.3 is 5.97 Å². The van der Waals surface area contributed by atoms with Gasteiger partial charge in [0.1, 0.15) is 5.69 Å². The van der Waals surface area contributed by atoms with E-state index in [4.69, 9.17) is 4.74 Å². The van der Waals surface area contributed by atoms with Crippen molar-refractivity contribution in [3.8, 4) is 0 Å². The Hall–Kier alpha value is -1.91. The van der Waals surface area contributed by atoms with Crippen LogP contribution in [0.3, 0.4) is 0 Å². The second-order valence-electron chi connectivity index (χ2n) is 2.83. The summed E-state index contributed by atoms with van der Waals surface area (Å²) >= 11 is 0. The molecule has 0 saturated heterocycles. The number of rotatable bonds is 3. The minimum atomic E-state index is -0.466. The predicted molar refractivity (Wildman–Crippen MR) is 54.5 cm³/mol. The summed E-state index contributed by atoms with van der Waals surface area (Å²) in [5.41, 5.74) is 0.779. The number of ether oxygens (including phenoxy) is 1. The molecular formula is C10H12N2O3. The third-order valence-corrected chi connectivity index (χ3v) is 1.57. The molecule has 5 heteroatoms. The summed E-state index contributed by atoms with van der Waals surface area (Å²) in [6.45, 7) is 3.44. The molecule has 0 aliphatic rings. The molecule has 1 amide bonds. The SMILES string of the molecule is CCOC(=O)c1ccc(NC(C)=O)cn1. The topological polar surface area (TPSA) is 68.3 Å². The number of nitrogens with zero attached hydrogens (tertiary/aromatic N) is 1. The van der Waals surface area contributed by atoms with Gasteiger partial charge in [-0.1, -0.05) is 0 Å². The van der Waals surface area contributed by atoms with E-state index < -0.39 is 5.97 Å². The van der Waals surface area contributed by atoms with Gasteiger partial charge in [-0.05, 0) is 19.1 Å². The summed E-state index contributed by atoms with van der Waals surface area (Å²) in [5.74, 6) is -0.646. The molecule has 0 radical (unpaired) electrons. The summed E-state index contributed by atoms with van der Waals surface area (Å²) in [7, 11) is 0. The van der Waals surface area contributed by atoms with Crippen LogP contribution in [-0.2, 0) is 9.53 Å². The molecule has 1 N–H and O–H groups in total. The normalized spacial score (nSPS) is 9.47. The Labute approximate surface area is 87.5 Å². The first kappa shape index (κ1) is 11.2. The molecule has 5 nitrogen and oxygen atoms in total. The molecule has 15 heavy (non-hydrogen) atoms. The van der Waals surface area contributed by atoms with Crippen LogP contribution in [0.15, 0.2) is 18.3 Å². The maximum Gasteiger partial charge on any atom is 0.356 e. The van der Waals surface area contributed by atoms with Crippen LogP contribution in [0, 0.1) is 0 Å². The fourth-order valence-corrected chi connectivity index (χ4v) is 0.997. The van der Waals surface area contributed by atoms with Gasteiger partial charge in [0.05, 0.1) is 18.5 Å². The molecule has 80 valence electrons. The third-order valence-electron chi connectivity index (χ3n) is 1.57. The zero-order chi connectivity index (χ0) is 11.3. The highest BCUT2D eigenvalue weighted by Gasteiger charge is 2.07. The number of nitrogens with one attached hydrogen (secondary N) is 1. The lowest BCUT2D eigenvalue weighted by Gasteiger charge is -2.03. The number of anilines is 1. The number of esters is 1. The maximum atomic E-state index is 11.2. The van der Waals surface area contributed by atoms with Gasteiger partial charge in [-0.3, -0.25) is 4.79 Å². The van der Waals surface area contributed by atoms with Crippen molar-refractivity contribution in [1.82, 2.24) is 4.98 Å². The minimum absolute atomic E-state index is 0.180. The van der Waals surface area contributed by atoms with E-state index in [9.17, 15) is 9.59 Å². The molecule has 0 aliphatic heterocycles. The number of amides is 1. The number of aromatic nitrogens is 1. The van der Waals surface area contributed by atoms with Gasteiger partial charge < -0.3 is 10.1 Å². The summed E-state index contributed by atoms with van der Waals surface area (Å²) in [6.07, 6.45) is 1.41. The first-order valence-electron chi connectivity index (χ1n) is 4.54. The van der Waals surface area contributed by atoms with E-state index in [0.717, 1.165) is 0 Å². The molecular weight excluding hydrogens is 196 g/mol.